The van der Waals surface area contributed by atoms with Gasteiger partial charge in [0.25, 0.3) is 0 Å². The first-order valence-electron chi connectivity index (χ1n) is 6.46. The fourth-order valence-electron chi connectivity index (χ4n) is 2.27. The molecule has 0 aliphatic heterocycles. The zero-order valence-electron chi connectivity index (χ0n) is 11.3. The second-order valence-corrected chi connectivity index (χ2v) is 6.33. The van der Waals surface area contributed by atoms with Crippen LogP contribution in [0.5, 0.6) is 0 Å². The molecule has 0 saturated heterocycles. The van der Waals surface area contributed by atoms with Crippen molar-refractivity contribution < 1.29 is 0 Å². The van der Waals surface area contributed by atoms with Crippen LogP contribution in [0.25, 0.3) is 0 Å². The lowest BCUT2D eigenvalue weighted by atomic mass is 9.85. The van der Waals surface area contributed by atoms with Gasteiger partial charge in [0.2, 0.25) is 0 Å². The topological polar surface area (TPSA) is 12.0 Å². The lowest BCUT2D eigenvalue weighted by molar-refractivity contribution is 0.275. The largest absolute Gasteiger partial charge is 0.312 e. The molecule has 0 fully saturated rings. The summed E-state index contributed by atoms with van der Waals surface area (Å²) >= 11 is 3.50. The van der Waals surface area contributed by atoms with Crippen molar-refractivity contribution in [1.29, 1.82) is 0 Å². The fourth-order valence-corrected chi connectivity index (χ4v) is 2.72. The van der Waals surface area contributed by atoms with Crippen LogP contribution in [0.15, 0.2) is 28.7 Å². The third-order valence-electron chi connectivity index (χ3n) is 3.31. The Hall–Kier alpha value is -0.340. The van der Waals surface area contributed by atoms with Gasteiger partial charge < -0.3 is 5.32 Å². The van der Waals surface area contributed by atoms with Crippen molar-refractivity contribution in [3.05, 3.63) is 34.3 Å². The van der Waals surface area contributed by atoms with Gasteiger partial charge in [0.15, 0.2) is 0 Å². The Morgan fingerprint density at radius 3 is 2.29 bits per heavy atom. The van der Waals surface area contributed by atoms with Crippen LogP contribution in [0.3, 0.4) is 0 Å². The van der Waals surface area contributed by atoms with Crippen LogP contribution in [0.2, 0.25) is 0 Å². The van der Waals surface area contributed by atoms with Gasteiger partial charge in [-0.05, 0) is 42.0 Å². The van der Waals surface area contributed by atoms with Gasteiger partial charge in [-0.15, -0.1) is 0 Å². The minimum Gasteiger partial charge on any atom is -0.312 e. The molecule has 1 nitrogen and oxygen atoms in total. The van der Waals surface area contributed by atoms with Crippen LogP contribution < -0.4 is 5.32 Å². The first kappa shape index (κ1) is 14.7. The minimum absolute atomic E-state index is 0.741. The standard InChI is InChI=1S/C15H24BrN/c1-11(2)15(12(3)4)10-17-9-13-6-5-7-14(16)8-13/h5-8,11-12,15,17H,9-10H2,1-4H3. The molecule has 1 N–H and O–H groups in total. The molecule has 96 valence electrons. The molecule has 0 atom stereocenters. The summed E-state index contributed by atoms with van der Waals surface area (Å²) in [6.07, 6.45) is 0. The quantitative estimate of drug-likeness (QED) is 0.817. The molecular formula is C15H24BrN. The zero-order valence-corrected chi connectivity index (χ0v) is 12.9. The molecule has 0 heterocycles. The zero-order chi connectivity index (χ0) is 12.8. The van der Waals surface area contributed by atoms with E-state index < -0.39 is 0 Å². The van der Waals surface area contributed by atoms with E-state index in [1.54, 1.807) is 0 Å². The van der Waals surface area contributed by atoms with E-state index in [-0.39, 0.29) is 0 Å². The second-order valence-electron chi connectivity index (χ2n) is 5.41. The van der Waals surface area contributed by atoms with Crippen LogP contribution in [-0.2, 0) is 6.54 Å². The van der Waals surface area contributed by atoms with Gasteiger partial charge in [0, 0.05) is 11.0 Å². The molecule has 0 unspecified atom stereocenters. The molecule has 17 heavy (non-hydrogen) atoms. The maximum atomic E-state index is 3.57. The monoisotopic (exact) mass is 297 g/mol. The van der Waals surface area contributed by atoms with E-state index in [4.69, 9.17) is 0 Å². The summed E-state index contributed by atoms with van der Waals surface area (Å²) in [7, 11) is 0. The van der Waals surface area contributed by atoms with Gasteiger partial charge in [0.1, 0.15) is 0 Å². The molecule has 0 aromatic heterocycles. The SMILES string of the molecule is CC(C)C(CNCc1cccc(Br)c1)C(C)C. The van der Waals surface area contributed by atoms with Gasteiger partial charge in [-0.25, -0.2) is 0 Å². The van der Waals surface area contributed by atoms with E-state index in [0.29, 0.717) is 0 Å². The Labute approximate surface area is 114 Å². The fraction of sp³-hybridized carbons (Fsp3) is 0.600. The molecule has 0 bridgehead atoms. The van der Waals surface area contributed by atoms with Crippen molar-refractivity contribution in [2.75, 3.05) is 6.54 Å². The maximum Gasteiger partial charge on any atom is 0.0206 e. The molecular weight excluding hydrogens is 274 g/mol. The van der Waals surface area contributed by atoms with Gasteiger partial charge in [0.05, 0.1) is 0 Å². The third-order valence-corrected chi connectivity index (χ3v) is 3.80. The highest BCUT2D eigenvalue weighted by Crippen LogP contribution is 2.19. The average molecular weight is 298 g/mol. The van der Waals surface area contributed by atoms with Gasteiger partial charge in [-0.3, -0.25) is 0 Å². The molecule has 0 aliphatic carbocycles. The summed E-state index contributed by atoms with van der Waals surface area (Å²) in [5.41, 5.74) is 1.34. The predicted octanol–water partition coefficient (Wildman–Crippen LogP) is 4.47. The second kappa shape index (κ2) is 7.17. The van der Waals surface area contributed by atoms with Crippen molar-refractivity contribution in [2.45, 2.75) is 34.2 Å². The number of rotatable bonds is 6. The smallest absolute Gasteiger partial charge is 0.0206 e. The molecule has 1 aromatic rings. The van der Waals surface area contributed by atoms with E-state index >= 15 is 0 Å². The Morgan fingerprint density at radius 1 is 1.12 bits per heavy atom. The molecule has 0 saturated carbocycles. The average Bonchev–Trinajstić information content (AvgIpc) is 2.23. The van der Waals surface area contributed by atoms with Gasteiger partial charge in [-0.2, -0.15) is 0 Å². The Bertz CT molecular complexity index is 325. The van der Waals surface area contributed by atoms with Crippen molar-refractivity contribution in [2.24, 2.45) is 17.8 Å². The summed E-state index contributed by atoms with van der Waals surface area (Å²) in [6, 6.07) is 8.49. The van der Waals surface area contributed by atoms with E-state index in [1.807, 2.05) is 0 Å². The van der Waals surface area contributed by atoms with Crippen molar-refractivity contribution in [1.82, 2.24) is 5.32 Å². The highest BCUT2D eigenvalue weighted by Gasteiger charge is 2.16. The summed E-state index contributed by atoms with van der Waals surface area (Å²) in [5, 5.41) is 3.57. The predicted molar refractivity (Wildman–Crippen MR) is 79.0 cm³/mol. The first-order chi connectivity index (χ1) is 8.00. The highest BCUT2D eigenvalue weighted by molar-refractivity contribution is 9.10. The molecule has 1 aromatic carbocycles. The van der Waals surface area contributed by atoms with E-state index in [0.717, 1.165) is 35.3 Å². The lowest BCUT2D eigenvalue weighted by Gasteiger charge is -2.25. The molecule has 0 aliphatic rings. The Kier molecular flexibility index (Phi) is 6.21. The maximum absolute atomic E-state index is 3.57. The van der Waals surface area contributed by atoms with Crippen LogP contribution in [0.4, 0.5) is 0 Å². The molecule has 0 spiro atoms. The van der Waals surface area contributed by atoms with Crippen LogP contribution in [0, 0.1) is 17.8 Å². The first-order valence-corrected chi connectivity index (χ1v) is 7.25. The van der Waals surface area contributed by atoms with E-state index in [9.17, 15) is 0 Å². The van der Waals surface area contributed by atoms with Crippen molar-refractivity contribution in [3.63, 3.8) is 0 Å². The normalized spacial score (nSPS) is 11.8. The number of nitrogens with one attached hydrogen (secondary N) is 1. The highest BCUT2D eigenvalue weighted by atomic mass is 79.9. The van der Waals surface area contributed by atoms with E-state index in [1.165, 1.54) is 5.56 Å². The Morgan fingerprint density at radius 2 is 1.76 bits per heavy atom. The van der Waals surface area contributed by atoms with E-state index in [2.05, 4.69) is 73.2 Å². The molecule has 2 heteroatoms. The van der Waals surface area contributed by atoms with Crippen LogP contribution >= 0.6 is 15.9 Å². The molecule has 0 radical (unpaired) electrons. The van der Waals surface area contributed by atoms with Crippen molar-refractivity contribution >= 4 is 15.9 Å². The number of hydrogen-bond acceptors (Lipinski definition) is 1. The summed E-state index contributed by atoms with van der Waals surface area (Å²) in [4.78, 5) is 0. The van der Waals surface area contributed by atoms with Gasteiger partial charge >= 0.3 is 0 Å². The summed E-state index contributed by atoms with van der Waals surface area (Å²) in [6.45, 7) is 11.3. The number of halogens is 1. The number of benzene rings is 1. The summed E-state index contributed by atoms with van der Waals surface area (Å²) < 4.78 is 1.15. The van der Waals surface area contributed by atoms with Crippen LogP contribution in [-0.4, -0.2) is 6.54 Å². The minimum atomic E-state index is 0.741. The third kappa shape index (κ3) is 5.22. The van der Waals surface area contributed by atoms with Crippen molar-refractivity contribution in [3.8, 4) is 0 Å². The van der Waals surface area contributed by atoms with Crippen LogP contribution in [0.1, 0.15) is 33.3 Å². The lowest BCUT2D eigenvalue weighted by Crippen LogP contribution is -2.29. The Balaban J connectivity index is 2.41. The summed E-state index contributed by atoms with van der Waals surface area (Å²) in [5.74, 6) is 2.23. The number of hydrogen-bond donors (Lipinski definition) is 1. The molecule has 0 amide bonds. The van der Waals surface area contributed by atoms with Gasteiger partial charge in [-0.1, -0.05) is 55.8 Å². The molecule has 1 rings (SSSR count).